The highest BCUT2D eigenvalue weighted by molar-refractivity contribution is 6.82. The van der Waals surface area contributed by atoms with Gasteiger partial charge in [-0.25, -0.2) is 0 Å². The van der Waals surface area contributed by atoms with Crippen molar-refractivity contribution in [3.63, 3.8) is 0 Å². The van der Waals surface area contributed by atoms with Gasteiger partial charge in [-0.3, -0.25) is 0 Å². The van der Waals surface area contributed by atoms with Crippen LogP contribution in [-0.4, -0.2) is 8.24 Å². The minimum absolute atomic E-state index is 0.0223. The molecular formula is C21H23F2NSi+. The lowest BCUT2D eigenvalue weighted by atomic mass is 10.2. The van der Waals surface area contributed by atoms with Crippen LogP contribution < -0.4 is 4.37 Å². The first-order chi connectivity index (χ1) is 12.1. The maximum Gasteiger partial charge on any atom is 0.346 e. The zero-order valence-corrected chi connectivity index (χ0v) is 15.3. The van der Waals surface area contributed by atoms with Gasteiger partial charge in [0.1, 0.15) is 0 Å². The van der Waals surface area contributed by atoms with Crippen molar-refractivity contribution in [1.82, 2.24) is 4.37 Å². The van der Waals surface area contributed by atoms with Crippen molar-refractivity contribution in [2.24, 2.45) is 0 Å². The van der Waals surface area contributed by atoms with Crippen LogP contribution >= 0.6 is 0 Å². The lowest BCUT2D eigenvalue weighted by Gasteiger charge is -2.41. The molecule has 2 rings (SSSR count). The van der Waals surface area contributed by atoms with Crippen LogP contribution in [0.1, 0.15) is 0 Å². The molecule has 0 saturated heterocycles. The summed E-state index contributed by atoms with van der Waals surface area (Å²) >= 11 is 0. The molecule has 0 N–H and O–H groups in total. The van der Waals surface area contributed by atoms with Crippen LogP contribution in [0.25, 0.3) is 0 Å². The third kappa shape index (κ3) is 3.41. The van der Waals surface area contributed by atoms with E-state index in [9.17, 15) is 4.39 Å². The van der Waals surface area contributed by atoms with Crippen molar-refractivity contribution >= 4 is 19.6 Å². The van der Waals surface area contributed by atoms with Gasteiger partial charge in [0, 0.05) is 42.4 Å². The Morgan fingerprint density at radius 3 is 1.96 bits per heavy atom. The second kappa shape index (κ2) is 8.19. The molecule has 0 aliphatic carbocycles. The molecule has 2 aromatic rings. The van der Waals surface area contributed by atoms with Crippen LogP contribution in [-0.2, 0) is 0 Å². The molecule has 0 aromatic heterocycles. The molecule has 0 bridgehead atoms. The van der Waals surface area contributed by atoms with Crippen LogP contribution in [0, 0.1) is 11.9 Å². The first kappa shape index (κ1) is 19.0. The van der Waals surface area contributed by atoms with Crippen LogP contribution in [0.4, 0.5) is 20.2 Å². The monoisotopic (exact) mass is 355 g/mol. The Morgan fingerprint density at radius 2 is 1.48 bits per heavy atom. The number of hydrogen-bond donors (Lipinski definition) is 0. The molecule has 2 aromatic carbocycles. The number of halogens is 2. The summed E-state index contributed by atoms with van der Waals surface area (Å²) in [7, 11) is -2.91. The van der Waals surface area contributed by atoms with E-state index in [4.69, 9.17) is 0 Å². The van der Waals surface area contributed by atoms with Crippen LogP contribution in [0.5, 0.6) is 0 Å². The number of rotatable bonds is 9. The molecule has 129 valence electrons. The molecule has 25 heavy (non-hydrogen) atoms. The highest BCUT2D eigenvalue weighted by Crippen LogP contribution is 2.47. The second-order valence-electron chi connectivity index (χ2n) is 6.00. The minimum Gasteiger partial charge on any atom is -0.200 e. The summed E-state index contributed by atoms with van der Waals surface area (Å²) in [6.07, 6.45) is 5.16. The number of nitrogens with zero attached hydrogens (tertiary/aromatic N) is 1. The maximum absolute atomic E-state index is 17.0. The SMILES string of the molecule is C=CC[Si](CC=C)(CC=C)[N+](F)(c1ccccc1)c1ccc[c]c1F. The van der Waals surface area contributed by atoms with Crippen molar-refractivity contribution < 1.29 is 8.87 Å². The Bertz CT molecular complexity index is 718. The molecule has 0 saturated carbocycles. The Labute approximate surface area is 149 Å². The maximum atomic E-state index is 17.0. The zero-order valence-electron chi connectivity index (χ0n) is 14.3. The van der Waals surface area contributed by atoms with Crippen LogP contribution in [0.15, 0.2) is 86.5 Å². The molecule has 1 atom stereocenters. The van der Waals surface area contributed by atoms with E-state index in [0.29, 0.717) is 23.8 Å². The topological polar surface area (TPSA) is 0 Å². The number of para-hydroxylation sites is 1. The summed E-state index contributed by atoms with van der Waals surface area (Å²) in [5.41, 5.74) is 0.379. The summed E-state index contributed by atoms with van der Waals surface area (Å²) in [4.78, 5) is 0. The fraction of sp³-hybridized carbons (Fsp3) is 0.143. The van der Waals surface area contributed by atoms with Gasteiger partial charge >= 0.3 is 8.24 Å². The van der Waals surface area contributed by atoms with Gasteiger partial charge in [0.25, 0.3) is 0 Å². The molecule has 1 radical (unpaired) electrons. The highest BCUT2D eigenvalue weighted by Gasteiger charge is 2.59. The molecule has 0 aliphatic rings. The Morgan fingerprint density at radius 1 is 0.920 bits per heavy atom. The smallest absolute Gasteiger partial charge is 0.200 e. The number of quaternary nitrogens is 1. The first-order valence-electron chi connectivity index (χ1n) is 8.19. The number of allylic oxidation sites excluding steroid dienone is 3. The van der Waals surface area contributed by atoms with E-state index < -0.39 is 18.4 Å². The van der Waals surface area contributed by atoms with Crippen molar-refractivity contribution in [2.45, 2.75) is 18.1 Å². The quantitative estimate of drug-likeness (QED) is 0.268. The Kier molecular flexibility index (Phi) is 6.23. The van der Waals surface area contributed by atoms with E-state index in [1.54, 1.807) is 48.6 Å². The van der Waals surface area contributed by atoms with E-state index in [-0.39, 0.29) is 5.69 Å². The molecule has 0 fully saturated rings. The van der Waals surface area contributed by atoms with Gasteiger partial charge in [0.15, 0.2) is 17.2 Å². The van der Waals surface area contributed by atoms with Gasteiger partial charge in [0.2, 0.25) is 0 Å². The van der Waals surface area contributed by atoms with Gasteiger partial charge in [-0.1, -0.05) is 48.6 Å². The third-order valence-electron chi connectivity index (χ3n) is 4.46. The zero-order chi connectivity index (χ0) is 18.3. The summed E-state index contributed by atoms with van der Waals surface area (Å²) in [6, 6.07) is 17.2. The summed E-state index contributed by atoms with van der Waals surface area (Å²) in [5.74, 6) is -0.678. The van der Waals surface area contributed by atoms with Crippen LogP contribution in [0.3, 0.4) is 0 Å². The average molecular weight is 356 g/mol. The van der Waals surface area contributed by atoms with E-state index in [0.717, 1.165) is 0 Å². The fourth-order valence-corrected chi connectivity index (χ4v) is 7.63. The average Bonchev–Trinajstić information content (AvgIpc) is 2.63. The highest BCUT2D eigenvalue weighted by atomic mass is 28.3. The predicted octanol–water partition coefficient (Wildman–Crippen LogP) is 6.65. The van der Waals surface area contributed by atoms with Gasteiger partial charge in [-0.15, -0.1) is 24.1 Å². The number of hydrogen-bond acceptors (Lipinski definition) is 0. The van der Waals surface area contributed by atoms with Gasteiger partial charge < -0.3 is 0 Å². The molecule has 1 unspecified atom stereocenters. The Hall–Kier alpha value is -2.30. The third-order valence-corrected chi connectivity index (χ3v) is 9.41. The Balaban J connectivity index is 2.85. The summed E-state index contributed by atoms with van der Waals surface area (Å²) < 4.78 is 30.6. The fourth-order valence-electron chi connectivity index (χ4n) is 3.38. The van der Waals surface area contributed by atoms with Crippen molar-refractivity contribution in [2.75, 3.05) is 0 Å². The molecular weight excluding hydrogens is 332 g/mol. The van der Waals surface area contributed by atoms with Gasteiger partial charge in [-0.2, -0.15) is 4.39 Å². The normalized spacial score (nSPS) is 13.7. The molecule has 4 heteroatoms. The van der Waals surface area contributed by atoms with E-state index in [1.807, 2.05) is 6.07 Å². The van der Waals surface area contributed by atoms with Crippen molar-refractivity contribution in [3.8, 4) is 0 Å². The standard InChI is InChI=1S/C21H23F2NSi/c1-4-16-25(17-5-2,18-6-3)24(23,19-12-8-7-9-13-19)21-15-11-10-14-20(21)22/h4-13,15H,1-3,16-18H2/q+1. The molecule has 0 amide bonds. The van der Waals surface area contributed by atoms with Crippen LogP contribution in [0.2, 0.25) is 18.1 Å². The second-order valence-corrected chi connectivity index (χ2v) is 10.3. The minimum atomic E-state index is -2.91. The van der Waals surface area contributed by atoms with Gasteiger partial charge in [-0.05, 0) is 4.48 Å². The van der Waals surface area contributed by atoms with Crippen molar-refractivity contribution in [3.05, 3.63) is 98.4 Å². The van der Waals surface area contributed by atoms with E-state index >= 15 is 4.48 Å². The van der Waals surface area contributed by atoms with E-state index in [1.165, 1.54) is 12.1 Å². The van der Waals surface area contributed by atoms with E-state index in [2.05, 4.69) is 25.8 Å². The molecule has 1 nitrogen and oxygen atoms in total. The first-order valence-corrected chi connectivity index (χ1v) is 10.8. The van der Waals surface area contributed by atoms with Crippen molar-refractivity contribution in [1.29, 1.82) is 0 Å². The molecule has 0 spiro atoms. The van der Waals surface area contributed by atoms with Gasteiger partial charge in [0.05, 0.1) is 0 Å². The molecule has 0 heterocycles. The summed E-state index contributed by atoms with van der Waals surface area (Å²) in [5, 5.41) is 0. The lowest BCUT2D eigenvalue weighted by Crippen LogP contribution is -2.61. The largest absolute Gasteiger partial charge is 0.346 e. The molecule has 0 aliphatic heterocycles. The lowest BCUT2D eigenvalue weighted by molar-refractivity contribution is 0.198. The number of benzene rings is 2. The predicted molar refractivity (Wildman–Crippen MR) is 105 cm³/mol. The summed E-state index contributed by atoms with van der Waals surface area (Å²) in [6.45, 7) is 11.5.